The molecular formula is C20H32O4. The first-order chi connectivity index (χ1) is 11.6. The monoisotopic (exact) mass is 336 g/mol. The van der Waals surface area contributed by atoms with Crippen LogP contribution in [0.1, 0.15) is 71.1 Å². The lowest BCUT2D eigenvalue weighted by atomic mass is 9.90. The van der Waals surface area contributed by atoms with Crippen LogP contribution < -0.4 is 0 Å². The van der Waals surface area contributed by atoms with Crippen LogP contribution in [0.4, 0.5) is 0 Å². The molecule has 0 heterocycles. The highest BCUT2D eigenvalue weighted by Crippen LogP contribution is 2.33. The molecule has 0 radical (unpaired) electrons. The van der Waals surface area contributed by atoms with E-state index in [0.717, 1.165) is 12.8 Å². The number of hydrogen-bond acceptors (Lipinski definition) is 3. The molecule has 136 valence electrons. The summed E-state index contributed by atoms with van der Waals surface area (Å²) >= 11 is 0. The van der Waals surface area contributed by atoms with Crippen LogP contribution in [0.5, 0.6) is 0 Å². The molecule has 1 fully saturated rings. The third-order valence-electron chi connectivity index (χ3n) is 4.63. The molecule has 1 aliphatic carbocycles. The molecule has 3 atom stereocenters. The zero-order valence-electron chi connectivity index (χ0n) is 14.8. The number of Topliss-reactive ketones (excluding diaryl/α,β-unsaturated/α-hetero) is 1. The van der Waals surface area contributed by atoms with E-state index in [1.165, 1.54) is 19.3 Å². The summed E-state index contributed by atoms with van der Waals surface area (Å²) in [5.41, 5.74) is 0. The van der Waals surface area contributed by atoms with Crippen molar-refractivity contribution in [2.75, 3.05) is 0 Å². The largest absolute Gasteiger partial charge is 0.481 e. The van der Waals surface area contributed by atoms with Crippen molar-refractivity contribution < 1.29 is 19.8 Å². The Morgan fingerprint density at radius 2 is 1.88 bits per heavy atom. The van der Waals surface area contributed by atoms with Gasteiger partial charge in [0, 0.05) is 24.7 Å². The van der Waals surface area contributed by atoms with Crippen LogP contribution in [-0.4, -0.2) is 28.1 Å². The van der Waals surface area contributed by atoms with Gasteiger partial charge in [0.1, 0.15) is 5.78 Å². The van der Waals surface area contributed by atoms with Crippen LogP contribution in [0, 0.1) is 11.8 Å². The summed E-state index contributed by atoms with van der Waals surface area (Å²) in [4.78, 5) is 22.5. The lowest BCUT2D eigenvalue weighted by Crippen LogP contribution is -2.17. The van der Waals surface area contributed by atoms with E-state index < -0.39 is 12.1 Å². The first kappa shape index (κ1) is 20.6. The molecule has 1 aliphatic rings. The van der Waals surface area contributed by atoms with Gasteiger partial charge in [-0.15, -0.1) is 0 Å². The highest BCUT2D eigenvalue weighted by Gasteiger charge is 2.38. The zero-order valence-corrected chi connectivity index (χ0v) is 14.8. The second-order valence-electron chi connectivity index (χ2n) is 6.69. The normalized spacial score (nSPS) is 24.4. The fraction of sp³-hybridized carbons (Fsp3) is 0.700. The Morgan fingerprint density at radius 1 is 1.12 bits per heavy atom. The third kappa shape index (κ3) is 7.91. The van der Waals surface area contributed by atoms with Gasteiger partial charge in [-0.25, -0.2) is 0 Å². The topological polar surface area (TPSA) is 74.6 Å². The second-order valence-corrected chi connectivity index (χ2v) is 6.69. The Balaban J connectivity index is 2.39. The molecule has 1 saturated carbocycles. The van der Waals surface area contributed by atoms with Gasteiger partial charge in [0.2, 0.25) is 0 Å². The number of rotatable bonds is 12. The first-order valence-electron chi connectivity index (χ1n) is 9.30. The minimum Gasteiger partial charge on any atom is -0.481 e. The lowest BCUT2D eigenvalue weighted by molar-refractivity contribution is -0.137. The number of carbonyl (C=O) groups is 2. The summed E-state index contributed by atoms with van der Waals surface area (Å²) in [6, 6.07) is 0. The van der Waals surface area contributed by atoms with Gasteiger partial charge in [0.25, 0.3) is 0 Å². The molecule has 4 heteroatoms. The fourth-order valence-corrected chi connectivity index (χ4v) is 3.20. The van der Waals surface area contributed by atoms with E-state index in [-0.39, 0.29) is 30.5 Å². The summed E-state index contributed by atoms with van der Waals surface area (Å²) in [5.74, 6) is -0.852. The van der Waals surface area contributed by atoms with Gasteiger partial charge in [-0.1, -0.05) is 50.5 Å². The van der Waals surface area contributed by atoms with E-state index in [0.29, 0.717) is 19.3 Å². The standard InChI is InChI=1S/C20H32O4/c1-2-3-4-5-6-9-12-16-17(19(22)15-18(16)21)13-10-7-8-11-14-20(23)24/h7,9-10,12,16-18,21H,2-6,8,11,13-15H2,1H3,(H,23,24)/b10-7-,12-9+/t16-,17-,18+/m1/s1. The third-order valence-corrected chi connectivity index (χ3v) is 4.63. The van der Waals surface area contributed by atoms with E-state index in [4.69, 9.17) is 5.11 Å². The number of unbranched alkanes of at least 4 members (excludes halogenated alkanes) is 5. The maximum absolute atomic E-state index is 12.1. The second kappa shape index (κ2) is 12.0. The average Bonchev–Trinajstić information content (AvgIpc) is 2.80. The molecule has 2 N–H and O–H groups in total. The minimum absolute atomic E-state index is 0.0765. The number of aliphatic hydroxyl groups excluding tert-OH is 1. The molecule has 0 aromatic heterocycles. The Morgan fingerprint density at radius 3 is 2.58 bits per heavy atom. The van der Waals surface area contributed by atoms with Crippen LogP contribution in [0.2, 0.25) is 0 Å². The van der Waals surface area contributed by atoms with Crippen molar-refractivity contribution in [1.29, 1.82) is 0 Å². The van der Waals surface area contributed by atoms with Crippen molar-refractivity contribution in [3.05, 3.63) is 24.3 Å². The smallest absolute Gasteiger partial charge is 0.303 e. The summed E-state index contributed by atoms with van der Waals surface area (Å²) in [6.45, 7) is 2.19. The molecule has 0 amide bonds. The van der Waals surface area contributed by atoms with Gasteiger partial charge < -0.3 is 10.2 Å². The minimum atomic E-state index is -0.776. The van der Waals surface area contributed by atoms with E-state index in [9.17, 15) is 14.7 Å². The molecule has 4 nitrogen and oxygen atoms in total. The van der Waals surface area contributed by atoms with Crippen LogP contribution in [0.25, 0.3) is 0 Å². The molecule has 0 aliphatic heterocycles. The number of carbonyl (C=O) groups excluding carboxylic acids is 1. The highest BCUT2D eigenvalue weighted by atomic mass is 16.4. The Kier molecular flexibility index (Phi) is 10.3. The molecule has 0 aromatic carbocycles. The molecule has 0 spiro atoms. The van der Waals surface area contributed by atoms with Crippen LogP contribution >= 0.6 is 0 Å². The van der Waals surface area contributed by atoms with Gasteiger partial charge in [-0.05, 0) is 32.1 Å². The van der Waals surface area contributed by atoms with E-state index in [1.807, 2.05) is 18.2 Å². The molecule has 24 heavy (non-hydrogen) atoms. The van der Waals surface area contributed by atoms with E-state index >= 15 is 0 Å². The number of aliphatic carboxylic acids is 1. The predicted molar refractivity (Wildman–Crippen MR) is 95.8 cm³/mol. The van der Waals surface area contributed by atoms with Crippen LogP contribution in [0.3, 0.4) is 0 Å². The molecule has 0 bridgehead atoms. The summed E-state index contributed by atoms with van der Waals surface area (Å²) in [6.07, 6.45) is 15.8. The van der Waals surface area contributed by atoms with Gasteiger partial charge in [0.05, 0.1) is 6.10 Å². The molecule has 0 aromatic rings. The molecule has 0 saturated heterocycles. The summed E-state index contributed by atoms with van der Waals surface area (Å²) in [5, 5.41) is 18.7. The summed E-state index contributed by atoms with van der Waals surface area (Å²) < 4.78 is 0. The maximum Gasteiger partial charge on any atom is 0.303 e. The summed E-state index contributed by atoms with van der Waals surface area (Å²) in [7, 11) is 0. The molecule has 1 rings (SSSR count). The van der Waals surface area contributed by atoms with Crippen molar-refractivity contribution in [2.24, 2.45) is 11.8 Å². The number of allylic oxidation sites excluding steroid dienone is 3. The van der Waals surface area contributed by atoms with Crippen molar-refractivity contribution >= 4 is 11.8 Å². The Bertz CT molecular complexity index is 439. The number of aliphatic hydroxyl groups is 1. The van der Waals surface area contributed by atoms with E-state index in [1.54, 1.807) is 0 Å². The van der Waals surface area contributed by atoms with Crippen molar-refractivity contribution in [2.45, 2.75) is 77.2 Å². The van der Waals surface area contributed by atoms with Gasteiger partial charge in [-0.2, -0.15) is 0 Å². The van der Waals surface area contributed by atoms with Crippen molar-refractivity contribution in [3.63, 3.8) is 0 Å². The van der Waals surface area contributed by atoms with Crippen LogP contribution in [0.15, 0.2) is 24.3 Å². The lowest BCUT2D eigenvalue weighted by Gasteiger charge is -2.15. The fourth-order valence-electron chi connectivity index (χ4n) is 3.20. The average molecular weight is 336 g/mol. The highest BCUT2D eigenvalue weighted by molar-refractivity contribution is 5.84. The number of carboxylic acid groups (broad SMARTS) is 1. The number of ketones is 1. The number of carboxylic acids is 1. The van der Waals surface area contributed by atoms with Gasteiger partial charge in [0.15, 0.2) is 0 Å². The Labute approximate surface area is 145 Å². The Hall–Kier alpha value is -1.42. The van der Waals surface area contributed by atoms with Gasteiger partial charge in [-0.3, -0.25) is 9.59 Å². The SMILES string of the molecule is CCCCCC/C=C/[C@H]1[C@@H](O)CC(=O)[C@@H]1C/C=C\CCCC(=O)O. The quantitative estimate of drug-likeness (QED) is 0.412. The molecule has 0 unspecified atom stereocenters. The first-order valence-corrected chi connectivity index (χ1v) is 9.30. The zero-order chi connectivity index (χ0) is 17.8. The number of hydrogen-bond donors (Lipinski definition) is 2. The van der Waals surface area contributed by atoms with Crippen LogP contribution in [-0.2, 0) is 9.59 Å². The van der Waals surface area contributed by atoms with Gasteiger partial charge >= 0.3 is 5.97 Å². The van der Waals surface area contributed by atoms with Crippen molar-refractivity contribution in [3.8, 4) is 0 Å². The molecular weight excluding hydrogens is 304 g/mol. The maximum atomic E-state index is 12.1. The van der Waals surface area contributed by atoms with Crippen molar-refractivity contribution in [1.82, 2.24) is 0 Å². The predicted octanol–water partition coefficient (Wildman–Crippen LogP) is 4.28. The van der Waals surface area contributed by atoms with E-state index in [2.05, 4.69) is 13.0 Å².